The molecule has 1 aromatic heterocycles. The summed E-state index contributed by atoms with van der Waals surface area (Å²) in [7, 11) is 0. The first-order valence-corrected chi connectivity index (χ1v) is 5.82. The fraction of sp³-hybridized carbons (Fsp3) is 0.167. The molecule has 0 saturated carbocycles. The molecule has 0 aliphatic heterocycles. The van der Waals surface area contributed by atoms with Crippen molar-refractivity contribution in [2.24, 2.45) is 0 Å². The number of halogens is 2. The number of Topliss-reactive ketones (excluding diaryl/α,β-unsaturated/α-hetero) is 1. The number of hydrogen-bond donors (Lipinski definition) is 1. The van der Waals surface area contributed by atoms with Gasteiger partial charge in [0.15, 0.2) is 5.78 Å². The maximum Gasteiger partial charge on any atom is 0.173 e. The number of H-pyrrole nitrogens is 1. The summed E-state index contributed by atoms with van der Waals surface area (Å²) in [5, 5.41) is 0.884. The lowest BCUT2D eigenvalue weighted by molar-refractivity contribution is 0.0965. The predicted molar refractivity (Wildman–Crippen MR) is 67.8 cm³/mol. The highest BCUT2D eigenvalue weighted by Crippen LogP contribution is 2.26. The van der Waals surface area contributed by atoms with Crippen LogP contribution in [-0.4, -0.2) is 15.8 Å². The third kappa shape index (κ3) is 2.51. The van der Waals surface area contributed by atoms with Crippen LogP contribution in [0.1, 0.15) is 28.9 Å². The Balaban J connectivity index is 2.31. The largest absolute Gasteiger partial charge is 0.348 e. The molecule has 1 N–H and O–H groups in total. The van der Waals surface area contributed by atoms with E-state index in [9.17, 15) is 4.79 Å². The van der Waals surface area contributed by atoms with Crippen LogP contribution in [0.5, 0.6) is 0 Å². The van der Waals surface area contributed by atoms with E-state index in [4.69, 9.17) is 23.2 Å². The van der Waals surface area contributed by atoms with Crippen LogP contribution in [0, 0.1) is 0 Å². The Morgan fingerprint density at radius 2 is 2.18 bits per heavy atom. The summed E-state index contributed by atoms with van der Waals surface area (Å²) >= 11 is 11.8. The third-order valence-electron chi connectivity index (χ3n) is 2.58. The summed E-state index contributed by atoms with van der Waals surface area (Å²) in [6.07, 6.45) is 3.18. The van der Waals surface area contributed by atoms with Gasteiger partial charge in [-0.1, -0.05) is 23.2 Å². The van der Waals surface area contributed by atoms with E-state index in [0.29, 0.717) is 15.6 Å². The van der Waals surface area contributed by atoms with Crippen molar-refractivity contribution >= 4 is 29.0 Å². The van der Waals surface area contributed by atoms with Gasteiger partial charge in [-0.15, -0.1) is 0 Å². The van der Waals surface area contributed by atoms with Gasteiger partial charge in [-0.3, -0.25) is 4.79 Å². The lowest BCUT2D eigenvalue weighted by atomic mass is 9.97. The number of carbonyl (C=O) groups excluding carboxylic acids is 1. The highest BCUT2D eigenvalue weighted by Gasteiger charge is 2.20. The van der Waals surface area contributed by atoms with E-state index in [0.717, 1.165) is 5.69 Å². The maximum atomic E-state index is 12.2. The lowest BCUT2D eigenvalue weighted by Gasteiger charge is -2.09. The van der Waals surface area contributed by atoms with Gasteiger partial charge in [0.05, 0.1) is 17.3 Å². The van der Waals surface area contributed by atoms with Gasteiger partial charge in [0.1, 0.15) is 0 Å². The van der Waals surface area contributed by atoms with E-state index >= 15 is 0 Å². The average Bonchev–Trinajstić information content (AvgIpc) is 2.80. The molecule has 0 aliphatic carbocycles. The number of aromatic nitrogens is 2. The standard InChI is InChI=1S/C12H10Cl2N2O/c1-7(11-5-15-6-16-11)12(17)9-3-2-8(13)4-10(9)14/h2-7H,1H3,(H,15,16). The van der Waals surface area contributed by atoms with Crippen LogP contribution in [0.3, 0.4) is 0 Å². The second kappa shape index (κ2) is 4.90. The fourth-order valence-electron chi connectivity index (χ4n) is 1.57. The summed E-state index contributed by atoms with van der Waals surface area (Å²) < 4.78 is 0. The Bertz CT molecular complexity index is 537. The zero-order chi connectivity index (χ0) is 12.4. The second-order valence-electron chi connectivity index (χ2n) is 3.72. The Morgan fingerprint density at radius 3 is 2.76 bits per heavy atom. The SMILES string of the molecule is CC(C(=O)c1ccc(Cl)cc1Cl)c1cnc[nH]1. The summed E-state index contributed by atoms with van der Waals surface area (Å²) in [5.74, 6) is -0.368. The summed E-state index contributed by atoms with van der Waals surface area (Å²) in [6.45, 7) is 1.81. The summed E-state index contributed by atoms with van der Waals surface area (Å²) in [5.41, 5.74) is 1.24. The Hall–Kier alpha value is -1.32. The summed E-state index contributed by atoms with van der Waals surface area (Å²) in [6, 6.07) is 4.86. The molecule has 1 aromatic carbocycles. The molecular formula is C12H10Cl2N2O. The first-order valence-electron chi connectivity index (χ1n) is 5.07. The minimum Gasteiger partial charge on any atom is -0.348 e. The highest BCUT2D eigenvalue weighted by molar-refractivity contribution is 6.37. The van der Waals surface area contributed by atoms with Crippen LogP contribution < -0.4 is 0 Å². The molecule has 0 spiro atoms. The molecule has 0 aliphatic rings. The van der Waals surface area contributed by atoms with E-state index in [2.05, 4.69) is 9.97 Å². The van der Waals surface area contributed by atoms with Crippen LogP contribution in [0.15, 0.2) is 30.7 Å². The van der Waals surface area contributed by atoms with Crippen LogP contribution >= 0.6 is 23.2 Å². The van der Waals surface area contributed by atoms with Gasteiger partial charge in [-0.05, 0) is 25.1 Å². The number of benzene rings is 1. The predicted octanol–water partition coefficient (Wildman–Crippen LogP) is 3.70. The molecule has 3 nitrogen and oxygen atoms in total. The molecule has 1 atom stereocenters. The van der Waals surface area contributed by atoms with E-state index in [1.165, 1.54) is 0 Å². The van der Waals surface area contributed by atoms with E-state index in [-0.39, 0.29) is 11.7 Å². The highest BCUT2D eigenvalue weighted by atomic mass is 35.5. The van der Waals surface area contributed by atoms with Crippen LogP contribution in [-0.2, 0) is 0 Å². The first-order chi connectivity index (χ1) is 8.09. The van der Waals surface area contributed by atoms with E-state index in [1.807, 2.05) is 0 Å². The van der Waals surface area contributed by atoms with Crippen molar-refractivity contribution in [3.05, 3.63) is 52.0 Å². The van der Waals surface area contributed by atoms with Crippen LogP contribution in [0.4, 0.5) is 0 Å². The van der Waals surface area contributed by atoms with Gasteiger partial charge in [-0.25, -0.2) is 4.98 Å². The van der Waals surface area contributed by atoms with Crippen molar-refractivity contribution in [1.29, 1.82) is 0 Å². The van der Waals surface area contributed by atoms with Crippen molar-refractivity contribution in [2.45, 2.75) is 12.8 Å². The normalized spacial score (nSPS) is 12.4. The van der Waals surface area contributed by atoms with Crippen LogP contribution in [0.2, 0.25) is 10.0 Å². The smallest absolute Gasteiger partial charge is 0.173 e. The molecule has 2 aromatic rings. The summed E-state index contributed by atoms with van der Waals surface area (Å²) in [4.78, 5) is 19.0. The number of nitrogens with zero attached hydrogens (tertiary/aromatic N) is 1. The lowest BCUT2D eigenvalue weighted by Crippen LogP contribution is -2.10. The van der Waals surface area contributed by atoms with Gasteiger partial charge in [0.25, 0.3) is 0 Å². The van der Waals surface area contributed by atoms with Gasteiger partial charge in [0.2, 0.25) is 0 Å². The van der Waals surface area contributed by atoms with Crippen molar-refractivity contribution in [2.75, 3.05) is 0 Å². The average molecular weight is 269 g/mol. The van der Waals surface area contributed by atoms with Crippen molar-refractivity contribution in [1.82, 2.24) is 9.97 Å². The molecule has 0 saturated heterocycles. The number of carbonyl (C=O) groups is 1. The molecule has 5 heteroatoms. The van der Waals surface area contributed by atoms with E-state index in [1.54, 1.807) is 37.6 Å². The molecule has 1 unspecified atom stereocenters. The number of hydrogen-bond acceptors (Lipinski definition) is 2. The molecule has 88 valence electrons. The number of ketones is 1. The van der Waals surface area contributed by atoms with E-state index < -0.39 is 0 Å². The van der Waals surface area contributed by atoms with Crippen molar-refractivity contribution in [3.63, 3.8) is 0 Å². The number of nitrogens with one attached hydrogen (secondary N) is 1. The molecule has 0 bridgehead atoms. The zero-order valence-corrected chi connectivity index (χ0v) is 10.6. The topological polar surface area (TPSA) is 45.8 Å². The molecule has 0 amide bonds. The second-order valence-corrected chi connectivity index (χ2v) is 4.56. The Labute approximate surface area is 109 Å². The molecule has 0 fully saturated rings. The zero-order valence-electron chi connectivity index (χ0n) is 9.08. The third-order valence-corrected chi connectivity index (χ3v) is 3.12. The minimum atomic E-state index is -0.309. The van der Waals surface area contributed by atoms with Crippen LogP contribution in [0.25, 0.3) is 0 Å². The minimum absolute atomic E-state index is 0.0593. The quantitative estimate of drug-likeness (QED) is 0.863. The number of imidazole rings is 1. The Morgan fingerprint density at radius 1 is 1.41 bits per heavy atom. The monoisotopic (exact) mass is 268 g/mol. The number of aromatic amines is 1. The van der Waals surface area contributed by atoms with Crippen molar-refractivity contribution < 1.29 is 4.79 Å². The van der Waals surface area contributed by atoms with Gasteiger partial charge < -0.3 is 4.98 Å². The van der Waals surface area contributed by atoms with Crippen molar-refractivity contribution in [3.8, 4) is 0 Å². The van der Waals surface area contributed by atoms with Gasteiger partial charge in [0, 0.05) is 22.5 Å². The molecule has 0 radical (unpaired) electrons. The van der Waals surface area contributed by atoms with Gasteiger partial charge >= 0.3 is 0 Å². The molecular weight excluding hydrogens is 259 g/mol. The van der Waals surface area contributed by atoms with Gasteiger partial charge in [-0.2, -0.15) is 0 Å². The number of rotatable bonds is 3. The molecule has 2 rings (SSSR count). The molecule has 17 heavy (non-hydrogen) atoms. The first kappa shape index (κ1) is 12.1. The fourth-order valence-corrected chi connectivity index (χ4v) is 2.07. The maximum absolute atomic E-state index is 12.2. The Kier molecular flexibility index (Phi) is 3.50. The molecule has 1 heterocycles.